The molecule has 5 heterocycles. The van der Waals surface area contributed by atoms with Crippen LogP contribution in [0.15, 0.2) is 49.4 Å². The molecule has 1 saturated carbocycles. The molecular weight excluding hydrogens is 662 g/mol. The Bertz CT molecular complexity index is 1770. The number of fused-ring (bicyclic) bond motifs is 2. The van der Waals surface area contributed by atoms with Crippen molar-refractivity contribution in [3.63, 3.8) is 0 Å². The minimum absolute atomic E-state index is 0.0423. The van der Waals surface area contributed by atoms with E-state index >= 15 is 0 Å². The molecule has 16 heteroatoms. The number of aromatic nitrogens is 7. The van der Waals surface area contributed by atoms with Crippen LogP contribution in [0.3, 0.4) is 0 Å². The van der Waals surface area contributed by atoms with Gasteiger partial charge < -0.3 is 24.3 Å². The van der Waals surface area contributed by atoms with Gasteiger partial charge in [-0.05, 0) is 63.1 Å². The van der Waals surface area contributed by atoms with E-state index in [9.17, 15) is 14.0 Å². The third-order valence-corrected chi connectivity index (χ3v) is 9.81. The first-order valence-corrected chi connectivity index (χ1v) is 17.3. The molecule has 14 nitrogen and oxygen atoms in total. The Morgan fingerprint density at radius 1 is 1.02 bits per heavy atom. The zero-order chi connectivity index (χ0) is 35.4. The van der Waals surface area contributed by atoms with Crippen molar-refractivity contribution in [2.24, 2.45) is 0 Å². The number of benzene rings is 1. The minimum Gasteiger partial charge on any atom is -0.487 e. The fourth-order valence-electron chi connectivity index (χ4n) is 7.46. The predicted molar refractivity (Wildman–Crippen MR) is 181 cm³/mol. The first-order chi connectivity index (χ1) is 24.8. The quantitative estimate of drug-likeness (QED) is 0.188. The average molecular weight is 705 g/mol. The highest BCUT2D eigenvalue weighted by molar-refractivity contribution is 5.67. The Labute approximate surface area is 294 Å². The van der Waals surface area contributed by atoms with Gasteiger partial charge in [0.05, 0.1) is 37.6 Å². The number of rotatable bonds is 14. The molecule has 51 heavy (non-hydrogen) atoms. The van der Waals surface area contributed by atoms with Crippen LogP contribution in [0.1, 0.15) is 57.1 Å². The van der Waals surface area contributed by atoms with E-state index in [0.29, 0.717) is 47.2 Å². The molecule has 1 aromatic carbocycles. The molecule has 270 valence electrons. The van der Waals surface area contributed by atoms with Crippen molar-refractivity contribution in [1.29, 1.82) is 5.26 Å². The van der Waals surface area contributed by atoms with Crippen molar-refractivity contribution in [1.82, 2.24) is 39.4 Å². The number of methoxy groups -OCH3 is 1. The Balaban J connectivity index is 1.05. The van der Waals surface area contributed by atoms with Gasteiger partial charge in [-0.1, -0.05) is 6.07 Å². The average Bonchev–Trinajstić information content (AvgIpc) is 3.85. The Hall–Kier alpha value is -4.72. The predicted octanol–water partition coefficient (Wildman–Crippen LogP) is 5.02. The first-order valence-electron chi connectivity index (χ1n) is 17.3. The molecule has 0 radical (unpaired) electrons. The number of hydrogen-bond acceptors (Lipinski definition) is 12. The van der Waals surface area contributed by atoms with E-state index in [0.717, 1.165) is 44.5 Å². The van der Waals surface area contributed by atoms with Gasteiger partial charge in [-0.15, -0.1) is 5.10 Å². The molecule has 3 aromatic heterocycles. The molecule has 2 aliphatic heterocycles. The van der Waals surface area contributed by atoms with Crippen molar-refractivity contribution in [3.8, 4) is 28.8 Å². The van der Waals surface area contributed by atoms with Gasteiger partial charge in [0, 0.05) is 43.2 Å². The van der Waals surface area contributed by atoms with Crippen LogP contribution >= 0.6 is 0 Å². The second-order valence-electron chi connectivity index (χ2n) is 13.5. The van der Waals surface area contributed by atoms with Crippen molar-refractivity contribution < 1.29 is 27.7 Å². The van der Waals surface area contributed by atoms with Crippen LogP contribution in [0.25, 0.3) is 11.1 Å². The molecule has 7 rings (SSSR count). The largest absolute Gasteiger partial charge is 0.487 e. The van der Waals surface area contributed by atoms with Gasteiger partial charge in [0.15, 0.2) is 6.61 Å². The van der Waals surface area contributed by atoms with Crippen LogP contribution in [-0.2, 0) is 16.0 Å². The lowest BCUT2D eigenvalue weighted by Gasteiger charge is -2.43. The van der Waals surface area contributed by atoms with E-state index < -0.39 is 19.1 Å². The summed E-state index contributed by atoms with van der Waals surface area (Å²) in [5.74, 6) is -2.48. The number of hydrogen-bond donors (Lipinski definition) is 1. The Morgan fingerprint density at radius 2 is 1.75 bits per heavy atom. The van der Waals surface area contributed by atoms with Crippen molar-refractivity contribution >= 4 is 11.6 Å². The van der Waals surface area contributed by atoms with Crippen LogP contribution in [0.5, 0.6) is 11.6 Å². The summed E-state index contributed by atoms with van der Waals surface area (Å²) in [6.07, 6.45) is 14.1. The molecule has 4 aromatic rings. The number of morpholine rings is 1. The van der Waals surface area contributed by atoms with Gasteiger partial charge in [-0.25, -0.2) is 28.4 Å². The summed E-state index contributed by atoms with van der Waals surface area (Å²) in [6, 6.07) is 9.09. The van der Waals surface area contributed by atoms with Gasteiger partial charge in [0.2, 0.25) is 5.95 Å². The molecule has 1 N–H and O–H groups in total. The summed E-state index contributed by atoms with van der Waals surface area (Å²) in [5, 5.41) is 21.5. The van der Waals surface area contributed by atoms with E-state index in [-0.39, 0.29) is 24.0 Å². The normalized spacial score (nSPS) is 22.7. The number of anilines is 2. The zero-order valence-corrected chi connectivity index (χ0v) is 28.7. The number of halogens is 2. The topological polar surface area (TPSA) is 150 Å². The number of nitrogens with zero attached hydrogens (tertiary/aromatic N) is 9. The SMILES string of the molecule is COCC(F)(F)COc1nn(C2CCC(N3C4CC[C@H]3COC4)CC2)cc1Nc1ncc(-c2ccc(C#N)c(O[C@@H](C)Cn3cncn3)c2)cn1. The molecule has 3 aliphatic rings. The summed E-state index contributed by atoms with van der Waals surface area (Å²) in [5.41, 5.74) is 2.22. The van der Waals surface area contributed by atoms with Crippen molar-refractivity contribution in [2.45, 2.75) is 88.2 Å². The molecule has 0 amide bonds. The Kier molecular flexibility index (Phi) is 10.4. The lowest BCUT2D eigenvalue weighted by molar-refractivity contribution is -0.0917. The van der Waals surface area contributed by atoms with E-state index in [1.54, 1.807) is 47.8 Å². The van der Waals surface area contributed by atoms with Crippen molar-refractivity contribution in [2.75, 3.05) is 38.9 Å². The van der Waals surface area contributed by atoms with Gasteiger partial charge in [0.25, 0.3) is 5.88 Å². The van der Waals surface area contributed by atoms with E-state index in [4.69, 9.17) is 14.2 Å². The fourth-order valence-corrected chi connectivity index (χ4v) is 7.46. The molecule has 2 bridgehead atoms. The maximum atomic E-state index is 14.4. The van der Waals surface area contributed by atoms with Gasteiger partial charge >= 0.3 is 5.92 Å². The maximum Gasteiger partial charge on any atom is 0.304 e. The first kappa shape index (κ1) is 34.7. The third-order valence-electron chi connectivity index (χ3n) is 9.81. The number of alkyl halides is 2. The van der Waals surface area contributed by atoms with E-state index in [1.807, 2.05) is 11.6 Å². The third kappa shape index (κ3) is 8.11. The van der Waals surface area contributed by atoms with Crippen LogP contribution in [0.4, 0.5) is 20.4 Å². The van der Waals surface area contributed by atoms with E-state index in [1.165, 1.54) is 26.3 Å². The van der Waals surface area contributed by atoms with Gasteiger partial charge in [-0.3, -0.25) is 9.58 Å². The molecular formula is C35H42F2N10O4. The van der Waals surface area contributed by atoms with Gasteiger partial charge in [-0.2, -0.15) is 10.4 Å². The molecule has 3 fully saturated rings. The van der Waals surface area contributed by atoms with Crippen LogP contribution in [0, 0.1) is 11.3 Å². The lowest BCUT2D eigenvalue weighted by atomic mass is 9.89. The second-order valence-corrected chi connectivity index (χ2v) is 13.5. The highest BCUT2D eigenvalue weighted by Gasteiger charge is 2.42. The summed E-state index contributed by atoms with van der Waals surface area (Å²) in [4.78, 5) is 15.6. The van der Waals surface area contributed by atoms with Crippen LogP contribution in [0.2, 0.25) is 0 Å². The molecule has 3 atom stereocenters. The standard InChI is InChI=1S/C35H42F2N10O4/c1-23(15-45-22-39-21-42-45)51-32-11-24(3-4-25(32)12-38)26-13-40-34(41-14-26)43-31-16-46(44-33(31)50-20-35(36,37)19-48-2)27-5-7-28(8-6-27)47-29-9-10-30(47)18-49-17-29/h3-4,11,13-14,16,21-23,27-30H,5-10,15,17-20H2,1-2H3,(H,40,41,43)/t23-,27?,28?,29-,30?/m0/s1. The number of ether oxygens (including phenoxy) is 4. The second kappa shape index (κ2) is 15.3. The molecule has 2 saturated heterocycles. The number of nitriles is 1. The van der Waals surface area contributed by atoms with E-state index in [2.05, 4.69) is 46.2 Å². The summed E-state index contributed by atoms with van der Waals surface area (Å²) in [7, 11) is 1.22. The summed E-state index contributed by atoms with van der Waals surface area (Å²) >= 11 is 0. The monoisotopic (exact) mass is 704 g/mol. The maximum absolute atomic E-state index is 14.4. The number of nitrogens with one attached hydrogen (secondary N) is 1. The van der Waals surface area contributed by atoms with Gasteiger partial charge in [0.1, 0.15) is 42.9 Å². The van der Waals surface area contributed by atoms with Crippen molar-refractivity contribution in [3.05, 3.63) is 55.0 Å². The fraction of sp³-hybridized carbons (Fsp3) is 0.543. The summed E-state index contributed by atoms with van der Waals surface area (Å²) < 4.78 is 54.4. The smallest absolute Gasteiger partial charge is 0.304 e. The molecule has 1 aliphatic carbocycles. The Morgan fingerprint density at radius 3 is 2.43 bits per heavy atom. The van der Waals surface area contributed by atoms with Crippen LogP contribution in [-0.4, -0.2) is 103 Å². The van der Waals surface area contributed by atoms with Crippen LogP contribution < -0.4 is 14.8 Å². The zero-order valence-electron chi connectivity index (χ0n) is 28.7. The molecule has 1 unspecified atom stereocenters. The highest BCUT2D eigenvalue weighted by Crippen LogP contribution is 2.40. The minimum atomic E-state index is -3.19. The lowest BCUT2D eigenvalue weighted by Crippen LogP contribution is -2.52. The summed E-state index contributed by atoms with van der Waals surface area (Å²) in [6.45, 7) is 2.32. The highest BCUT2D eigenvalue weighted by atomic mass is 19.3. The molecule has 0 spiro atoms.